The van der Waals surface area contributed by atoms with Gasteiger partial charge in [-0.25, -0.2) is 15.0 Å². The van der Waals surface area contributed by atoms with E-state index in [4.69, 9.17) is 19.4 Å². The van der Waals surface area contributed by atoms with Gasteiger partial charge in [0.1, 0.15) is 11.2 Å². The molecule has 0 fully saturated rings. The zero-order valence-corrected chi connectivity index (χ0v) is 31.0. The van der Waals surface area contributed by atoms with Crippen molar-refractivity contribution >= 4 is 32.7 Å². The highest BCUT2D eigenvalue weighted by Crippen LogP contribution is 2.49. The smallest absolute Gasteiger partial charge is 0.164 e. The maximum absolute atomic E-state index is 6.62. The average Bonchev–Trinajstić information content (AvgIpc) is 3.75. The minimum absolute atomic E-state index is 0.160. The molecule has 8 aromatic carbocycles. The van der Waals surface area contributed by atoms with Crippen LogP contribution in [-0.4, -0.2) is 15.0 Å². The summed E-state index contributed by atoms with van der Waals surface area (Å²) < 4.78 is 6.62. The first-order valence-corrected chi connectivity index (χ1v) is 19.1. The predicted molar refractivity (Wildman–Crippen MR) is 229 cm³/mol. The third-order valence-electron chi connectivity index (χ3n) is 11.5. The summed E-state index contributed by atoms with van der Waals surface area (Å²) in [7, 11) is 0. The molecule has 0 unspecified atom stereocenters. The lowest BCUT2D eigenvalue weighted by atomic mass is 9.82. The Bertz CT molecular complexity index is 3160. The van der Waals surface area contributed by atoms with Crippen LogP contribution < -0.4 is 0 Å². The number of furan rings is 1. The maximum Gasteiger partial charge on any atom is 0.164 e. The molecule has 56 heavy (non-hydrogen) atoms. The van der Waals surface area contributed by atoms with Crippen LogP contribution in [0.1, 0.15) is 25.0 Å². The van der Waals surface area contributed by atoms with Crippen molar-refractivity contribution in [1.29, 1.82) is 0 Å². The van der Waals surface area contributed by atoms with Crippen molar-refractivity contribution in [3.8, 4) is 67.5 Å². The van der Waals surface area contributed by atoms with Gasteiger partial charge in [0, 0.05) is 38.3 Å². The molecular formula is C52H35N3O. The molecule has 0 saturated heterocycles. The highest BCUT2D eigenvalue weighted by atomic mass is 16.3. The van der Waals surface area contributed by atoms with Crippen LogP contribution in [0.5, 0.6) is 0 Å². The number of fused-ring (bicyclic) bond motifs is 8. The summed E-state index contributed by atoms with van der Waals surface area (Å²) in [4.78, 5) is 15.9. The summed E-state index contributed by atoms with van der Waals surface area (Å²) in [6.45, 7) is 4.61. The van der Waals surface area contributed by atoms with Crippen molar-refractivity contribution in [3.05, 3.63) is 187 Å². The van der Waals surface area contributed by atoms with Crippen molar-refractivity contribution in [2.45, 2.75) is 19.3 Å². The normalized spacial score (nSPS) is 13.0. The number of rotatable bonds is 5. The summed E-state index contributed by atoms with van der Waals surface area (Å²) >= 11 is 0. The fourth-order valence-electron chi connectivity index (χ4n) is 8.66. The Morgan fingerprint density at radius 3 is 1.70 bits per heavy atom. The number of aromatic nitrogens is 3. The third kappa shape index (κ3) is 5.10. The Morgan fingerprint density at radius 1 is 0.357 bits per heavy atom. The molecule has 0 atom stereocenters. The first-order chi connectivity index (χ1) is 27.5. The first kappa shape index (κ1) is 32.3. The van der Waals surface area contributed by atoms with Gasteiger partial charge in [-0.2, -0.15) is 0 Å². The minimum Gasteiger partial charge on any atom is -0.455 e. The van der Waals surface area contributed by atoms with Gasteiger partial charge < -0.3 is 4.42 Å². The molecule has 0 aliphatic heterocycles. The highest BCUT2D eigenvalue weighted by Gasteiger charge is 2.35. The fraction of sp³-hybridized carbons (Fsp3) is 0.0577. The SMILES string of the molecule is CC1(C)c2ccccc2-c2ccc(-c3nc(-c4cccc(-c5ccccc5)c4)nc(-c4cc5c6cc(-c7ccccc7)ccc6oc5c5ccccc45)n3)cc21. The van der Waals surface area contributed by atoms with Crippen LogP contribution in [0.25, 0.3) is 100 Å². The van der Waals surface area contributed by atoms with E-state index >= 15 is 0 Å². The van der Waals surface area contributed by atoms with E-state index in [2.05, 4.69) is 178 Å². The highest BCUT2D eigenvalue weighted by molar-refractivity contribution is 6.19. The van der Waals surface area contributed by atoms with Crippen LogP contribution in [0.15, 0.2) is 180 Å². The van der Waals surface area contributed by atoms with Crippen molar-refractivity contribution < 1.29 is 4.42 Å². The van der Waals surface area contributed by atoms with Gasteiger partial charge in [0.15, 0.2) is 17.5 Å². The second-order valence-electron chi connectivity index (χ2n) is 15.2. The van der Waals surface area contributed by atoms with Crippen molar-refractivity contribution in [1.82, 2.24) is 15.0 Å². The maximum atomic E-state index is 6.62. The number of hydrogen-bond donors (Lipinski definition) is 0. The second kappa shape index (κ2) is 12.4. The van der Waals surface area contributed by atoms with Gasteiger partial charge in [-0.3, -0.25) is 0 Å². The van der Waals surface area contributed by atoms with Crippen molar-refractivity contribution in [2.75, 3.05) is 0 Å². The molecule has 11 rings (SSSR count). The molecule has 0 spiro atoms. The molecule has 0 saturated carbocycles. The Balaban J connectivity index is 1.15. The Morgan fingerprint density at radius 2 is 0.929 bits per heavy atom. The molecular weight excluding hydrogens is 683 g/mol. The average molecular weight is 718 g/mol. The zero-order chi connectivity index (χ0) is 37.4. The van der Waals surface area contributed by atoms with Crippen LogP contribution in [-0.2, 0) is 5.41 Å². The van der Waals surface area contributed by atoms with E-state index in [1.165, 1.54) is 22.3 Å². The molecule has 2 heterocycles. The predicted octanol–water partition coefficient (Wildman–Crippen LogP) is 13.6. The standard InChI is InChI=1S/C52H35N3O/c1-52(2)45-23-12-11-21-39(45)40-26-24-37(30-46(40)52)50-53-49(36-19-13-18-34(28-36)32-14-5-3-6-15-32)54-51(55-50)44-31-43-42-29-35(33-16-7-4-8-17-33)25-27-47(42)56-48(43)41-22-10-9-20-38(41)44/h3-31H,1-2H3. The topological polar surface area (TPSA) is 51.8 Å². The van der Waals surface area contributed by atoms with Crippen LogP contribution in [0.2, 0.25) is 0 Å². The molecule has 0 radical (unpaired) electrons. The monoisotopic (exact) mass is 717 g/mol. The van der Waals surface area contributed by atoms with Crippen LogP contribution in [0.4, 0.5) is 0 Å². The van der Waals surface area contributed by atoms with Crippen LogP contribution >= 0.6 is 0 Å². The molecule has 4 heteroatoms. The Hall–Kier alpha value is -7.17. The lowest BCUT2D eigenvalue weighted by molar-refractivity contribution is 0.660. The number of benzene rings is 8. The van der Waals surface area contributed by atoms with Gasteiger partial charge in [-0.05, 0) is 80.2 Å². The lowest BCUT2D eigenvalue weighted by Crippen LogP contribution is -2.15. The van der Waals surface area contributed by atoms with E-state index in [9.17, 15) is 0 Å². The van der Waals surface area contributed by atoms with E-state index in [-0.39, 0.29) is 5.41 Å². The molecule has 1 aliphatic carbocycles. The summed E-state index contributed by atoms with van der Waals surface area (Å²) in [6.07, 6.45) is 0. The molecule has 1 aliphatic rings. The third-order valence-corrected chi connectivity index (χ3v) is 11.5. The van der Waals surface area contributed by atoms with Gasteiger partial charge >= 0.3 is 0 Å². The molecule has 10 aromatic rings. The minimum atomic E-state index is -0.160. The number of nitrogens with zero attached hydrogens (tertiary/aromatic N) is 3. The summed E-state index contributed by atoms with van der Waals surface area (Å²) in [6, 6.07) is 61.9. The largest absolute Gasteiger partial charge is 0.455 e. The van der Waals surface area contributed by atoms with Gasteiger partial charge in [-0.15, -0.1) is 0 Å². The van der Waals surface area contributed by atoms with Gasteiger partial charge in [0.05, 0.1) is 0 Å². The van der Waals surface area contributed by atoms with Crippen LogP contribution in [0, 0.1) is 0 Å². The molecule has 2 aromatic heterocycles. The number of hydrogen-bond acceptors (Lipinski definition) is 4. The first-order valence-electron chi connectivity index (χ1n) is 19.1. The van der Waals surface area contributed by atoms with E-state index in [0.29, 0.717) is 17.5 Å². The van der Waals surface area contributed by atoms with Crippen molar-refractivity contribution in [3.63, 3.8) is 0 Å². The fourth-order valence-corrected chi connectivity index (χ4v) is 8.66. The van der Waals surface area contributed by atoms with E-state index in [0.717, 1.165) is 71.7 Å². The van der Waals surface area contributed by atoms with Crippen molar-refractivity contribution in [2.24, 2.45) is 0 Å². The zero-order valence-electron chi connectivity index (χ0n) is 31.0. The Kier molecular flexibility index (Phi) is 7.17. The van der Waals surface area contributed by atoms with Gasteiger partial charge in [0.25, 0.3) is 0 Å². The summed E-state index contributed by atoms with van der Waals surface area (Å²) in [5.41, 5.74) is 14.1. The van der Waals surface area contributed by atoms with Gasteiger partial charge in [-0.1, -0.05) is 159 Å². The molecule has 0 N–H and O–H groups in total. The Labute approximate surface area is 324 Å². The summed E-state index contributed by atoms with van der Waals surface area (Å²) in [5, 5.41) is 4.12. The molecule has 0 amide bonds. The molecule has 4 nitrogen and oxygen atoms in total. The quantitative estimate of drug-likeness (QED) is 0.178. The van der Waals surface area contributed by atoms with Gasteiger partial charge in [0.2, 0.25) is 0 Å². The van der Waals surface area contributed by atoms with Crippen LogP contribution in [0.3, 0.4) is 0 Å². The summed E-state index contributed by atoms with van der Waals surface area (Å²) in [5.74, 6) is 1.88. The van der Waals surface area contributed by atoms with E-state index < -0.39 is 0 Å². The second-order valence-corrected chi connectivity index (χ2v) is 15.2. The molecule has 0 bridgehead atoms. The lowest BCUT2D eigenvalue weighted by Gasteiger charge is -2.21. The van der Waals surface area contributed by atoms with E-state index in [1.54, 1.807) is 0 Å². The van der Waals surface area contributed by atoms with E-state index in [1.807, 2.05) is 12.1 Å². The molecule has 264 valence electrons.